The molecule has 24 heavy (non-hydrogen) atoms. The summed E-state index contributed by atoms with van der Waals surface area (Å²) in [6.07, 6.45) is 6.11. The molecule has 0 unspecified atom stereocenters. The number of aromatic nitrogens is 3. The molecule has 2 aromatic rings. The van der Waals surface area contributed by atoms with Gasteiger partial charge in [-0.3, -0.25) is 4.90 Å². The van der Waals surface area contributed by atoms with Gasteiger partial charge in [0.15, 0.2) is 0 Å². The van der Waals surface area contributed by atoms with Gasteiger partial charge in [-0.2, -0.15) is 4.98 Å². The third kappa shape index (κ3) is 3.01. The predicted molar refractivity (Wildman–Crippen MR) is 86.6 cm³/mol. The summed E-state index contributed by atoms with van der Waals surface area (Å²) in [6.45, 7) is 2.79. The molecule has 7 nitrogen and oxygen atoms in total. The van der Waals surface area contributed by atoms with Gasteiger partial charge in [0.25, 0.3) is 0 Å². The van der Waals surface area contributed by atoms with Crippen molar-refractivity contribution in [1.29, 1.82) is 0 Å². The quantitative estimate of drug-likeness (QED) is 0.852. The van der Waals surface area contributed by atoms with Crippen LogP contribution in [0.5, 0.6) is 5.88 Å². The Morgan fingerprint density at radius 1 is 1.21 bits per heavy atom. The molecule has 2 aliphatic rings. The van der Waals surface area contributed by atoms with Crippen molar-refractivity contribution in [3.05, 3.63) is 24.2 Å². The number of nitrogens with zero attached hydrogens (tertiary/aromatic N) is 4. The van der Waals surface area contributed by atoms with Crippen LogP contribution in [0.4, 0.5) is 0 Å². The molecule has 2 aliphatic heterocycles. The Morgan fingerprint density at radius 2 is 2.08 bits per heavy atom. The summed E-state index contributed by atoms with van der Waals surface area (Å²) in [6, 6.07) is 4.48. The first-order chi connectivity index (χ1) is 11.8. The lowest BCUT2D eigenvalue weighted by atomic mass is 10.1. The van der Waals surface area contributed by atoms with Crippen molar-refractivity contribution in [2.75, 3.05) is 26.9 Å². The van der Waals surface area contributed by atoms with E-state index in [1.165, 1.54) is 6.42 Å². The van der Waals surface area contributed by atoms with Crippen molar-refractivity contribution in [3.63, 3.8) is 0 Å². The topological polar surface area (TPSA) is 73.5 Å². The van der Waals surface area contributed by atoms with Gasteiger partial charge in [-0.05, 0) is 38.3 Å². The number of ether oxygens (including phenoxy) is 2. The Kier molecular flexibility index (Phi) is 4.44. The average molecular weight is 330 g/mol. The van der Waals surface area contributed by atoms with Crippen LogP contribution in [-0.4, -0.2) is 52.9 Å². The number of pyridine rings is 1. The largest absolute Gasteiger partial charge is 0.481 e. The van der Waals surface area contributed by atoms with Crippen LogP contribution in [0.25, 0.3) is 11.4 Å². The minimum Gasteiger partial charge on any atom is -0.481 e. The van der Waals surface area contributed by atoms with Gasteiger partial charge in [-0.15, -0.1) is 0 Å². The maximum atomic E-state index is 5.59. The molecular weight excluding hydrogens is 308 g/mol. The van der Waals surface area contributed by atoms with Crippen molar-refractivity contribution in [2.24, 2.45) is 0 Å². The highest BCUT2D eigenvalue weighted by Gasteiger charge is 2.36. The highest BCUT2D eigenvalue weighted by molar-refractivity contribution is 5.53. The van der Waals surface area contributed by atoms with Crippen molar-refractivity contribution in [1.82, 2.24) is 20.0 Å². The molecule has 0 spiro atoms. The van der Waals surface area contributed by atoms with Gasteiger partial charge in [-0.25, -0.2) is 4.98 Å². The number of likely N-dealkylation sites (tertiary alicyclic amines) is 1. The maximum absolute atomic E-state index is 5.59. The number of methoxy groups -OCH3 is 1. The van der Waals surface area contributed by atoms with Gasteiger partial charge in [0.05, 0.1) is 13.2 Å². The lowest BCUT2D eigenvalue weighted by molar-refractivity contribution is 0.0243. The molecule has 0 amide bonds. The minimum absolute atomic E-state index is 0.223. The van der Waals surface area contributed by atoms with E-state index in [9.17, 15) is 0 Å². The second kappa shape index (κ2) is 6.86. The monoisotopic (exact) mass is 330 g/mol. The Labute approximate surface area is 141 Å². The van der Waals surface area contributed by atoms with Gasteiger partial charge >= 0.3 is 0 Å². The molecule has 4 heterocycles. The minimum atomic E-state index is 0.223. The third-order valence-electron chi connectivity index (χ3n) is 4.88. The zero-order chi connectivity index (χ0) is 16.4. The number of rotatable bonds is 4. The summed E-state index contributed by atoms with van der Waals surface area (Å²) in [5, 5.41) is 4.15. The first-order valence-corrected chi connectivity index (χ1v) is 8.52. The molecule has 1 atom stereocenters. The van der Waals surface area contributed by atoms with E-state index in [0.717, 1.165) is 44.6 Å². The molecule has 0 N–H and O–H groups in total. The van der Waals surface area contributed by atoms with Crippen LogP contribution in [0, 0.1) is 0 Å². The number of hydrogen-bond acceptors (Lipinski definition) is 7. The van der Waals surface area contributed by atoms with Gasteiger partial charge in [0, 0.05) is 37.1 Å². The summed E-state index contributed by atoms with van der Waals surface area (Å²) in [4.78, 5) is 11.4. The van der Waals surface area contributed by atoms with Gasteiger partial charge < -0.3 is 14.0 Å². The van der Waals surface area contributed by atoms with Crippen LogP contribution in [0.2, 0.25) is 0 Å². The van der Waals surface area contributed by atoms with Crippen LogP contribution < -0.4 is 4.74 Å². The second-order valence-corrected chi connectivity index (χ2v) is 6.28. The summed E-state index contributed by atoms with van der Waals surface area (Å²) < 4.78 is 16.2. The van der Waals surface area contributed by atoms with Crippen LogP contribution >= 0.6 is 0 Å². The van der Waals surface area contributed by atoms with E-state index in [1.807, 2.05) is 6.07 Å². The summed E-state index contributed by atoms with van der Waals surface area (Å²) in [7, 11) is 1.60. The van der Waals surface area contributed by atoms with Crippen molar-refractivity contribution < 1.29 is 14.0 Å². The Hall–Kier alpha value is -1.99. The highest BCUT2D eigenvalue weighted by Crippen LogP contribution is 2.35. The molecule has 0 saturated carbocycles. The third-order valence-corrected chi connectivity index (χ3v) is 4.88. The Bertz CT molecular complexity index is 667. The standard InChI is InChI=1S/C17H22N4O3/c1-22-15-5-4-12(11-18-15)16-19-17(24-20-16)14-3-2-8-21(14)13-6-9-23-10-7-13/h4-5,11,13-14H,2-3,6-10H2,1H3/t14-/m1/s1. The molecule has 128 valence electrons. The molecule has 2 saturated heterocycles. The zero-order valence-corrected chi connectivity index (χ0v) is 13.9. The van der Waals surface area contributed by atoms with E-state index in [1.54, 1.807) is 19.4 Å². The van der Waals surface area contributed by atoms with Crippen LogP contribution in [0.3, 0.4) is 0 Å². The average Bonchev–Trinajstić information content (AvgIpc) is 3.32. The fourth-order valence-electron chi connectivity index (χ4n) is 3.63. The van der Waals surface area contributed by atoms with E-state index >= 15 is 0 Å². The molecule has 0 radical (unpaired) electrons. The summed E-state index contributed by atoms with van der Waals surface area (Å²) in [5.41, 5.74) is 0.835. The molecular formula is C17H22N4O3. The van der Waals surface area contributed by atoms with Crippen LogP contribution in [0.15, 0.2) is 22.9 Å². The smallest absolute Gasteiger partial charge is 0.244 e. The Morgan fingerprint density at radius 3 is 2.83 bits per heavy atom. The van der Waals surface area contributed by atoms with Gasteiger partial charge in [-0.1, -0.05) is 5.16 Å². The van der Waals surface area contributed by atoms with Gasteiger partial charge in [0.2, 0.25) is 17.6 Å². The Balaban J connectivity index is 1.52. The number of hydrogen-bond donors (Lipinski definition) is 0. The molecule has 0 aliphatic carbocycles. The molecule has 2 aromatic heterocycles. The van der Waals surface area contributed by atoms with Crippen molar-refractivity contribution in [3.8, 4) is 17.3 Å². The SMILES string of the molecule is COc1ccc(-c2noc([C@H]3CCCN3C3CCOCC3)n2)cn1. The fourth-order valence-corrected chi connectivity index (χ4v) is 3.63. The first-order valence-electron chi connectivity index (χ1n) is 8.52. The second-order valence-electron chi connectivity index (χ2n) is 6.28. The molecule has 2 fully saturated rings. The lowest BCUT2D eigenvalue weighted by Crippen LogP contribution is -2.39. The van der Waals surface area contributed by atoms with E-state index < -0.39 is 0 Å². The fraction of sp³-hybridized carbons (Fsp3) is 0.588. The van der Waals surface area contributed by atoms with E-state index in [4.69, 9.17) is 14.0 Å². The highest BCUT2D eigenvalue weighted by atomic mass is 16.5. The molecule has 0 bridgehead atoms. The maximum Gasteiger partial charge on any atom is 0.244 e. The molecule has 0 aromatic carbocycles. The van der Waals surface area contributed by atoms with Crippen molar-refractivity contribution in [2.45, 2.75) is 37.8 Å². The summed E-state index contributed by atoms with van der Waals surface area (Å²) in [5.74, 6) is 1.87. The van der Waals surface area contributed by atoms with Crippen LogP contribution in [0.1, 0.15) is 37.6 Å². The summed E-state index contributed by atoms with van der Waals surface area (Å²) >= 11 is 0. The van der Waals surface area contributed by atoms with E-state index in [0.29, 0.717) is 23.6 Å². The molecule has 4 rings (SSSR count). The van der Waals surface area contributed by atoms with E-state index in [2.05, 4.69) is 20.0 Å². The first kappa shape index (κ1) is 15.5. The zero-order valence-electron chi connectivity index (χ0n) is 13.9. The lowest BCUT2D eigenvalue weighted by Gasteiger charge is -2.33. The predicted octanol–water partition coefficient (Wildman–Crippen LogP) is 2.46. The van der Waals surface area contributed by atoms with Crippen molar-refractivity contribution >= 4 is 0 Å². The van der Waals surface area contributed by atoms with Gasteiger partial charge in [0.1, 0.15) is 0 Å². The normalized spacial score (nSPS) is 22.8. The molecule has 7 heteroatoms. The van der Waals surface area contributed by atoms with Crippen LogP contribution in [-0.2, 0) is 4.74 Å². The van der Waals surface area contributed by atoms with E-state index in [-0.39, 0.29) is 6.04 Å².